The Balaban J connectivity index is 1.69. The molecule has 0 aliphatic rings. The molecule has 3 heterocycles. The van der Waals surface area contributed by atoms with Crippen molar-refractivity contribution in [1.29, 1.82) is 0 Å². The summed E-state index contributed by atoms with van der Waals surface area (Å²) in [5.74, 6) is 1.35. The van der Waals surface area contributed by atoms with Crippen molar-refractivity contribution >= 4 is 23.5 Å². The monoisotopic (exact) mass is 385 g/mol. The first-order valence-electron chi connectivity index (χ1n) is 8.82. The molecule has 9 heteroatoms. The predicted octanol–water partition coefficient (Wildman–Crippen LogP) is 3.16. The Kier molecular flexibility index (Phi) is 5.90. The zero-order valence-corrected chi connectivity index (χ0v) is 16.6. The van der Waals surface area contributed by atoms with E-state index in [1.807, 2.05) is 41.4 Å². The molecule has 0 aliphatic heterocycles. The maximum Gasteiger partial charge on any atom is 0.238 e. The normalized spacial score (nSPS) is 13.3. The lowest BCUT2D eigenvalue weighted by Crippen LogP contribution is -2.25. The van der Waals surface area contributed by atoms with Crippen molar-refractivity contribution in [3.8, 4) is 11.4 Å². The number of anilines is 1. The van der Waals surface area contributed by atoms with Gasteiger partial charge in [0.05, 0.1) is 17.5 Å². The third kappa shape index (κ3) is 4.19. The van der Waals surface area contributed by atoms with Gasteiger partial charge in [0.25, 0.3) is 0 Å². The minimum atomic E-state index is -0.335. The highest BCUT2D eigenvalue weighted by atomic mass is 32.2. The van der Waals surface area contributed by atoms with Crippen molar-refractivity contribution in [3.63, 3.8) is 0 Å². The van der Waals surface area contributed by atoms with Gasteiger partial charge in [-0.05, 0) is 32.4 Å². The predicted molar refractivity (Wildman–Crippen MR) is 105 cm³/mol. The number of aromatic nitrogens is 6. The summed E-state index contributed by atoms with van der Waals surface area (Å²) in [7, 11) is 1.89. The Hall–Kier alpha value is -2.68. The van der Waals surface area contributed by atoms with Gasteiger partial charge in [-0.25, -0.2) is 4.68 Å². The smallest absolute Gasteiger partial charge is 0.238 e. The molecule has 0 saturated carbocycles. The number of carbonyl (C=O) groups excluding carboxylic acids is 1. The summed E-state index contributed by atoms with van der Waals surface area (Å²) in [6.07, 6.45) is 6.06. The van der Waals surface area contributed by atoms with Gasteiger partial charge in [0.1, 0.15) is 5.82 Å². The van der Waals surface area contributed by atoms with Gasteiger partial charge >= 0.3 is 0 Å². The lowest BCUT2D eigenvalue weighted by molar-refractivity contribution is -0.115. The second-order valence-electron chi connectivity index (χ2n) is 6.27. The van der Waals surface area contributed by atoms with E-state index in [0.29, 0.717) is 11.0 Å². The number of thioether (sulfide) groups is 1. The Labute approximate surface area is 162 Å². The summed E-state index contributed by atoms with van der Waals surface area (Å²) >= 11 is 1.37. The molecule has 0 aromatic carbocycles. The molecule has 3 rings (SSSR count). The van der Waals surface area contributed by atoms with Gasteiger partial charge < -0.3 is 9.88 Å². The first kappa shape index (κ1) is 19.1. The fourth-order valence-corrected chi connectivity index (χ4v) is 3.36. The van der Waals surface area contributed by atoms with Gasteiger partial charge in [0.15, 0.2) is 11.0 Å². The summed E-state index contributed by atoms with van der Waals surface area (Å²) in [6.45, 7) is 6.01. The minimum absolute atomic E-state index is 0.0986. The molecule has 0 bridgehead atoms. The van der Waals surface area contributed by atoms with Gasteiger partial charge in [0.2, 0.25) is 5.91 Å². The lowest BCUT2D eigenvalue weighted by atomic mass is 10.2. The number of amides is 1. The molecule has 8 nitrogen and oxygen atoms in total. The summed E-state index contributed by atoms with van der Waals surface area (Å²) in [4.78, 5) is 16.6. The molecule has 0 aliphatic carbocycles. The van der Waals surface area contributed by atoms with E-state index >= 15 is 0 Å². The molecule has 0 fully saturated rings. The molecule has 142 valence electrons. The summed E-state index contributed by atoms with van der Waals surface area (Å²) in [5.41, 5.74) is 0.932. The Morgan fingerprint density at radius 1 is 1.19 bits per heavy atom. The fourth-order valence-electron chi connectivity index (χ4n) is 2.55. The lowest BCUT2D eigenvalue weighted by Gasteiger charge is -2.16. The van der Waals surface area contributed by atoms with Crippen molar-refractivity contribution in [1.82, 2.24) is 29.5 Å². The first-order chi connectivity index (χ1) is 13.0. The molecule has 1 amide bonds. The van der Waals surface area contributed by atoms with E-state index in [-0.39, 0.29) is 17.2 Å². The summed E-state index contributed by atoms with van der Waals surface area (Å²) in [5, 5.41) is 16.1. The second-order valence-corrected chi connectivity index (χ2v) is 7.58. The van der Waals surface area contributed by atoms with Gasteiger partial charge in [-0.15, -0.1) is 10.2 Å². The van der Waals surface area contributed by atoms with Crippen LogP contribution in [-0.4, -0.2) is 40.7 Å². The van der Waals surface area contributed by atoms with E-state index in [9.17, 15) is 4.79 Å². The molecular weight excluding hydrogens is 362 g/mol. The number of pyridine rings is 1. The van der Waals surface area contributed by atoms with Crippen molar-refractivity contribution in [3.05, 3.63) is 36.8 Å². The second kappa shape index (κ2) is 8.34. The number of rotatable bonds is 7. The molecule has 0 saturated heterocycles. The summed E-state index contributed by atoms with van der Waals surface area (Å²) in [6, 6.07) is 5.79. The molecule has 0 spiro atoms. The van der Waals surface area contributed by atoms with Crippen molar-refractivity contribution in [2.45, 2.75) is 43.6 Å². The van der Waals surface area contributed by atoms with Crippen molar-refractivity contribution < 1.29 is 4.79 Å². The van der Waals surface area contributed by atoms with Gasteiger partial charge in [-0.3, -0.25) is 9.78 Å². The average Bonchev–Trinajstić information content (AvgIpc) is 3.29. The number of carbonyl (C=O) groups is 1. The standard InChI is InChI=1S/C18H23N7OS/c1-5-12(2)25-15(8-11-20-25)21-17(26)13(3)27-18-23-22-16(24(18)4)14-6-9-19-10-7-14/h6-13H,5H2,1-4H3,(H,21,26)/t12-,13+/m1/s1. The number of hydrogen-bond donors (Lipinski definition) is 1. The van der Waals surface area contributed by atoms with E-state index in [2.05, 4.69) is 39.4 Å². The van der Waals surface area contributed by atoms with Crippen molar-refractivity contribution in [2.24, 2.45) is 7.05 Å². The van der Waals surface area contributed by atoms with E-state index in [1.165, 1.54) is 11.8 Å². The Bertz CT molecular complexity index is 906. The van der Waals surface area contributed by atoms with Gasteiger partial charge in [0, 0.05) is 31.1 Å². The van der Waals surface area contributed by atoms with Crippen LogP contribution in [0.3, 0.4) is 0 Å². The molecule has 0 radical (unpaired) electrons. The Morgan fingerprint density at radius 2 is 1.93 bits per heavy atom. The van der Waals surface area contributed by atoms with Crippen LogP contribution in [0.4, 0.5) is 5.82 Å². The van der Waals surface area contributed by atoms with E-state index in [0.717, 1.165) is 17.8 Å². The van der Waals surface area contributed by atoms with Crippen molar-refractivity contribution in [2.75, 3.05) is 5.32 Å². The quantitative estimate of drug-likeness (QED) is 0.628. The van der Waals surface area contributed by atoms with E-state index < -0.39 is 0 Å². The molecule has 3 aromatic rings. The van der Waals surface area contributed by atoms with Crippen LogP contribution in [0.15, 0.2) is 41.9 Å². The van der Waals surface area contributed by atoms with Crippen LogP contribution in [0.25, 0.3) is 11.4 Å². The van der Waals surface area contributed by atoms with Crippen LogP contribution in [0.2, 0.25) is 0 Å². The van der Waals surface area contributed by atoms with E-state index in [1.54, 1.807) is 18.6 Å². The van der Waals surface area contributed by atoms with E-state index in [4.69, 9.17) is 0 Å². The molecule has 2 atom stereocenters. The third-order valence-electron chi connectivity index (χ3n) is 4.35. The SMILES string of the molecule is CC[C@@H](C)n1nccc1NC(=O)[C@H](C)Sc1nnc(-c2ccncc2)n1C. The van der Waals surface area contributed by atoms with Gasteiger partial charge in [-0.1, -0.05) is 18.7 Å². The van der Waals surface area contributed by atoms with Gasteiger partial charge in [-0.2, -0.15) is 5.10 Å². The molecule has 1 N–H and O–H groups in total. The maximum atomic E-state index is 12.6. The molecule has 3 aromatic heterocycles. The highest BCUT2D eigenvalue weighted by Gasteiger charge is 2.21. The largest absolute Gasteiger partial charge is 0.310 e. The van der Waals surface area contributed by atoms with Crippen LogP contribution in [0.5, 0.6) is 0 Å². The third-order valence-corrected chi connectivity index (χ3v) is 5.49. The highest BCUT2D eigenvalue weighted by molar-refractivity contribution is 8.00. The molecule has 0 unspecified atom stereocenters. The number of hydrogen-bond acceptors (Lipinski definition) is 6. The zero-order valence-electron chi connectivity index (χ0n) is 15.8. The maximum absolute atomic E-state index is 12.6. The Morgan fingerprint density at radius 3 is 2.63 bits per heavy atom. The summed E-state index contributed by atoms with van der Waals surface area (Å²) < 4.78 is 3.71. The van der Waals surface area contributed by atoms with Crippen LogP contribution >= 0.6 is 11.8 Å². The molecular formula is C18H23N7OS. The minimum Gasteiger partial charge on any atom is -0.310 e. The zero-order chi connectivity index (χ0) is 19.4. The number of nitrogens with zero attached hydrogens (tertiary/aromatic N) is 6. The van der Waals surface area contributed by atoms with Crippen LogP contribution in [-0.2, 0) is 11.8 Å². The fraction of sp³-hybridized carbons (Fsp3) is 0.389. The average molecular weight is 385 g/mol. The van der Waals surface area contributed by atoms with Crippen LogP contribution in [0.1, 0.15) is 33.2 Å². The highest BCUT2D eigenvalue weighted by Crippen LogP contribution is 2.26. The van der Waals surface area contributed by atoms with Crippen LogP contribution < -0.4 is 5.32 Å². The number of nitrogens with one attached hydrogen (secondary N) is 1. The molecule has 27 heavy (non-hydrogen) atoms. The first-order valence-corrected chi connectivity index (χ1v) is 9.70. The van der Waals surface area contributed by atoms with Crippen LogP contribution in [0, 0.1) is 0 Å². The topological polar surface area (TPSA) is 90.5 Å².